The maximum absolute atomic E-state index is 8.33. The van der Waals surface area contributed by atoms with E-state index in [1.807, 2.05) is 6.07 Å². The van der Waals surface area contributed by atoms with E-state index in [0.29, 0.717) is 18.1 Å². The van der Waals surface area contributed by atoms with Gasteiger partial charge in [0.25, 0.3) is 0 Å². The van der Waals surface area contributed by atoms with Gasteiger partial charge in [-0.05, 0) is 12.1 Å². The minimum Gasteiger partial charge on any atom is -0.448 e. The molecule has 0 atom stereocenters. The van der Waals surface area contributed by atoms with Crippen molar-refractivity contribution >= 4 is 0 Å². The molecule has 52 valence electrons. The molecular formula is C7H7NO2. The smallest absolute Gasteiger partial charge is 0.203 e. The van der Waals surface area contributed by atoms with Gasteiger partial charge in [0.05, 0.1) is 0 Å². The van der Waals surface area contributed by atoms with Gasteiger partial charge in [0.2, 0.25) is 5.76 Å². The summed E-state index contributed by atoms with van der Waals surface area (Å²) in [6.07, 6.45) is 0. The Morgan fingerprint density at radius 2 is 2.50 bits per heavy atom. The Kier molecular flexibility index (Phi) is 2.08. The lowest BCUT2D eigenvalue weighted by Gasteiger charge is -1.89. The first-order valence-electron chi connectivity index (χ1n) is 2.84. The van der Waals surface area contributed by atoms with E-state index in [1.165, 1.54) is 0 Å². The van der Waals surface area contributed by atoms with Crippen molar-refractivity contribution in [3.05, 3.63) is 23.7 Å². The number of hydrogen-bond donors (Lipinski definition) is 0. The van der Waals surface area contributed by atoms with Crippen LogP contribution in [0.4, 0.5) is 0 Å². The number of nitriles is 1. The first-order valence-corrected chi connectivity index (χ1v) is 2.84. The molecule has 1 heterocycles. The molecule has 1 aromatic rings. The predicted octanol–water partition coefficient (Wildman–Crippen LogP) is 1.30. The van der Waals surface area contributed by atoms with Crippen molar-refractivity contribution in [2.45, 2.75) is 6.61 Å². The van der Waals surface area contributed by atoms with Crippen molar-refractivity contribution in [2.24, 2.45) is 0 Å². The van der Waals surface area contributed by atoms with Crippen LogP contribution in [0, 0.1) is 11.3 Å². The van der Waals surface area contributed by atoms with Gasteiger partial charge in [0, 0.05) is 7.11 Å². The third-order valence-electron chi connectivity index (χ3n) is 1.06. The molecule has 0 fully saturated rings. The maximum atomic E-state index is 8.33. The highest BCUT2D eigenvalue weighted by Gasteiger charge is 1.98. The standard InChI is InChI=1S/C7H7NO2/c1-9-5-7-3-2-6(4-8)10-7/h2-3H,5H2,1H3. The van der Waals surface area contributed by atoms with Gasteiger partial charge in [-0.1, -0.05) is 0 Å². The fourth-order valence-corrected chi connectivity index (χ4v) is 0.658. The summed E-state index contributed by atoms with van der Waals surface area (Å²) in [4.78, 5) is 0. The van der Waals surface area contributed by atoms with Crippen LogP contribution in [0.3, 0.4) is 0 Å². The van der Waals surface area contributed by atoms with E-state index in [2.05, 4.69) is 0 Å². The monoisotopic (exact) mass is 137 g/mol. The zero-order valence-corrected chi connectivity index (χ0v) is 5.63. The zero-order chi connectivity index (χ0) is 7.40. The normalized spacial score (nSPS) is 9.20. The lowest BCUT2D eigenvalue weighted by molar-refractivity contribution is 0.164. The maximum Gasteiger partial charge on any atom is 0.203 e. The third kappa shape index (κ3) is 1.36. The van der Waals surface area contributed by atoms with Crippen LogP contribution in [0.1, 0.15) is 11.5 Å². The average molecular weight is 137 g/mol. The van der Waals surface area contributed by atoms with E-state index in [1.54, 1.807) is 19.2 Å². The largest absolute Gasteiger partial charge is 0.448 e. The first kappa shape index (κ1) is 6.84. The molecule has 0 aliphatic carbocycles. The Balaban J connectivity index is 2.71. The summed E-state index contributed by atoms with van der Waals surface area (Å²) in [5.74, 6) is 1.01. The van der Waals surface area contributed by atoms with Crippen LogP contribution in [-0.4, -0.2) is 7.11 Å². The first-order chi connectivity index (χ1) is 4.86. The van der Waals surface area contributed by atoms with Gasteiger partial charge in [-0.25, -0.2) is 0 Å². The molecule has 0 saturated carbocycles. The van der Waals surface area contributed by atoms with Crippen molar-refractivity contribution in [3.63, 3.8) is 0 Å². The van der Waals surface area contributed by atoms with Crippen molar-refractivity contribution < 1.29 is 9.15 Å². The van der Waals surface area contributed by atoms with E-state index >= 15 is 0 Å². The second-order valence-corrected chi connectivity index (χ2v) is 1.81. The molecule has 0 radical (unpaired) electrons. The molecular weight excluding hydrogens is 130 g/mol. The summed E-state index contributed by atoms with van der Waals surface area (Å²) in [6.45, 7) is 0.418. The topological polar surface area (TPSA) is 46.2 Å². The fraction of sp³-hybridized carbons (Fsp3) is 0.286. The SMILES string of the molecule is COCc1ccc(C#N)o1. The van der Waals surface area contributed by atoms with Crippen LogP contribution in [0.2, 0.25) is 0 Å². The van der Waals surface area contributed by atoms with E-state index in [4.69, 9.17) is 14.4 Å². The van der Waals surface area contributed by atoms with Crippen LogP contribution in [0.5, 0.6) is 0 Å². The van der Waals surface area contributed by atoms with Crippen molar-refractivity contribution in [3.8, 4) is 6.07 Å². The van der Waals surface area contributed by atoms with Gasteiger partial charge < -0.3 is 9.15 Å². The van der Waals surface area contributed by atoms with Crippen LogP contribution < -0.4 is 0 Å². The van der Waals surface area contributed by atoms with Gasteiger partial charge in [-0.15, -0.1) is 0 Å². The summed E-state index contributed by atoms with van der Waals surface area (Å²) in [7, 11) is 1.58. The highest BCUT2D eigenvalue weighted by atomic mass is 16.5. The second kappa shape index (κ2) is 3.04. The summed E-state index contributed by atoms with van der Waals surface area (Å²) < 4.78 is 9.77. The Bertz CT molecular complexity index is 246. The van der Waals surface area contributed by atoms with Gasteiger partial charge in [-0.3, -0.25) is 0 Å². The molecule has 1 rings (SSSR count). The Morgan fingerprint density at radius 3 is 3.00 bits per heavy atom. The number of ether oxygens (including phenoxy) is 1. The molecule has 0 N–H and O–H groups in total. The number of methoxy groups -OCH3 is 1. The van der Waals surface area contributed by atoms with Gasteiger partial charge in [0.15, 0.2) is 0 Å². The predicted molar refractivity (Wildman–Crippen MR) is 34.1 cm³/mol. The van der Waals surface area contributed by atoms with Crippen LogP contribution in [0.25, 0.3) is 0 Å². The molecule has 0 aliphatic rings. The Labute approximate surface area is 58.8 Å². The number of furan rings is 1. The van der Waals surface area contributed by atoms with E-state index < -0.39 is 0 Å². The summed E-state index contributed by atoms with van der Waals surface area (Å²) >= 11 is 0. The van der Waals surface area contributed by atoms with Crippen LogP contribution >= 0.6 is 0 Å². The summed E-state index contributed by atoms with van der Waals surface area (Å²) in [6, 6.07) is 5.23. The molecule has 0 unspecified atom stereocenters. The molecule has 0 aliphatic heterocycles. The minimum atomic E-state index is 0.326. The van der Waals surface area contributed by atoms with Crippen molar-refractivity contribution in [1.82, 2.24) is 0 Å². The lowest BCUT2D eigenvalue weighted by atomic mass is 10.4. The third-order valence-corrected chi connectivity index (χ3v) is 1.06. The molecule has 0 bridgehead atoms. The zero-order valence-electron chi connectivity index (χ0n) is 5.63. The summed E-state index contributed by atoms with van der Waals surface area (Å²) in [5, 5.41) is 8.33. The van der Waals surface area contributed by atoms with Crippen molar-refractivity contribution in [1.29, 1.82) is 5.26 Å². The molecule has 0 amide bonds. The highest BCUT2D eigenvalue weighted by molar-refractivity contribution is 5.18. The molecule has 3 heteroatoms. The van der Waals surface area contributed by atoms with E-state index in [0.717, 1.165) is 0 Å². The molecule has 0 aromatic carbocycles. The van der Waals surface area contributed by atoms with Crippen LogP contribution in [0.15, 0.2) is 16.5 Å². The van der Waals surface area contributed by atoms with Crippen LogP contribution in [-0.2, 0) is 11.3 Å². The Morgan fingerprint density at radius 1 is 1.70 bits per heavy atom. The van der Waals surface area contributed by atoms with Gasteiger partial charge in [-0.2, -0.15) is 5.26 Å². The van der Waals surface area contributed by atoms with Gasteiger partial charge in [0.1, 0.15) is 18.4 Å². The van der Waals surface area contributed by atoms with Gasteiger partial charge >= 0.3 is 0 Å². The number of nitrogens with zero attached hydrogens (tertiary/aromatic N) is 1. The quantitative estimate of drug-likeness (QED) is 0.617. The molecule has 10 heavy (non-hydrogen) atoms. The minimum absolute atomic E-state index is 0.326. The molecule has 0 spiro atoms. The number of rotatable bonds is 2. The molecule has 1 aromatic heterocycles. The number of hydrogen-bond acceptors (Lipinski definition) is 3. The highest BCUT2D eigenvalue weighted by Crippen LogP contribution is 2.06. The van der Waals surface area contributed by atoms with E-state index in [-0.39, 0.29) is 0 Å². The van der Waals surface area contributed by atoms with E-state index in [9.17, 15) is 0 Å². The fourth-order valence-electron chi connectivity index (χ4n) is 0.658. The molecule has 0 saturated heterocycles. The second-order valence-electron chi connectivity index (χ2n) is 1.81. The summed E-state index contributed by atoms with van der Waals surface area (Å²) in [5.41, 5.74) is 0. The lowest BCUT2D eigenvalue weighted by Crippen LogP contribution is -1.81. The Hall–Kier alpha value is -1.27. The van der Waals surface area contributed by atoms with Crippen molar-refractivity contribution in [2.75, 3.05) is 7.11 Å². The molecule has 3 nitrogen and oxygen atoms in total. The average Bonchev–Trinajstić information content (AvgIpc) is 2.37.